The third-order valence-electron chi connectivity index (χ3n) is 4.60. The highest BCUT2D eigenvalue weighted by atomic mass is 19.1. The topological polar surface area (TPSA) is 40.6 Å². The second kappa shape index (κ2) is 7.74. The lowest BCUT2D eigenvalue weighted by Gasteiger charge is -2.34. The van der Waals surface area contributed by atoms with Crippen molar-refractivity contribution in [1.29, 1.82) is 0 Å². The Morgan fingerprint density at radius 3 is 2.15 bits per heavy atom. The maximum atomic E-state index is 13.3. The lowest BCUT2D eigenvalue weighted by Crippen LogP contribution is -2.49. The Bertz CT molecular complexity index is 813. The van der Waals surface area contributed by atoms with Crippen LogP contribution < -0.4 is 0 Å². The number of carbonyl (C=O) groups is 2. The minimum Gasteiger partial charge on any atom is -0.336 e. The van der Waals surface area contributed by atoms with Crippen LogP contribution in [0.4, 0.5) is 8.78 Å². The van der Waals surface area contributed by atoms with Crippen molar-refractivity contribution < 1.29 is 18.4 Å². The molecular weight excluding hydrogens is 338 g/mol. The largest absolute Gasteiger partial charge is 0.336 e. The molecule has 0 unspecified atom stereocenters. The Morgan fingerprint density at radius 2 is 1.54 bits per heavy atom. The first kappa shape index (κ1) is 18.2. The van der Waals surface area contributed by atoms with E-state index >= 15 is 0 Å². The van der Waals surface area contributed by atoms with Crippen LogP contribution in [0.25, 0.3) is 0 Å². The number of Topliss-reactive ketones (excluding diaryl/α,β-unsaturated/α-hetero) is 1. The van der Waals surface area contributed by atoms with Gasteiger partial charge in [0.1, 0.15) is 11.6 Å². The molecule has 1 aliphatic heterocycles. The Morgan fingerprint density at radius 1 is 0.923 bits per heavy atom. The minimum atomic E-state index is -0.374. The summed E-state index contributed by atoms with van der Waals surface area (Å²) in [4.78, 5) is 28.5. The molecule has 26 heavy (non-hydrogen) atoms. The second-order valence-electron chi connectivity index (χ2n) is 6.46. The molecule has 136 valence electrons. The Labute approximate surface area is 151 Å². The Hall–Kier alpha value is -2.60. The number of ketones is 1. The van der Waals surface area contributed by atoms with Crippen LogP contribution >= 0.6 is 0 Å². The summed E-state index contributed by atoms with van der Waals surface area (Å²) in [5, 5.41) is 0. The number of piperazine rings is 1. The zero-order valence-corrected chi connectivity index (χ0v) is 14.5. The standard InChI is InChI=1S/C20H20F2N2O2/c1-14-12-16(4-7-18(14)22)19(25)13-23-8-10-24(11-9-23)20(26)15-2-5-17(21)6-3-15/h2-7,12H,8-11,13H2,1H3. The molecule has 6 heteroatoms. The van der Waals surface area contributed by atoms with E-state index in [0.29, 0.717) is 42.9 Å². The smallest absolute Gasteiger partial charge is 0.253 e. The molecule has 0 saturated carbocycles. The average molecular weight is 358 g/mol. The third kappa shape index (κ3) is 4.14. The number of benzene rings is 2. The molecule has 0 atom stereocenters. The van der Waals surface area contributed by atoms with Crippen molar-refractivity contribution in [2.75, 3.05) is 32.7 Å². The van der Waals surface area contributed by atoms with Gasteiger partial charge < -0.3 is 4.90 Å². The molecule has 1 amide bonds. The predicted octanol–water partition coefficient (Wildman–Crippen LogP) is 2.91. The first-order valence-corrected chi connectivity index (χ1v) is 8.50. The molecule has 0 aliphatic carbocycles. The van der Waals surface area contributed by atoms with E-state index < -0.39 is 0 Å². The van der Waals surface area contributed by atoms with Gasteiger partial charge in [-0.15, -0.1) is 0 Å². The molecule has 1 fully saturated rings. The quantitative estimate of drug-likeness (QED) is 0.789. The molecule has 1 heterocycles. The Balaban J connectivity index is 1.54. The SMILES string of the molecule is Cc1cc(C(=O)CN2CCN(C(=O)c3ccc(F)cc3)CC2)ccc1F. The zero-order valence-electron chi connectivity index (χ0n) is 14.5. The number of nitrogens with zero attached hydrogens (tertiary/aromatic N) is 2. The van der Waals surface area contributed by atoms with Crippen LogP contribution in [0.5, 0.6) is 0 Å². The first-order valence-electron chi connectivity index (χ1n) is 8.50. The monoisotopic (exact) mass is 358 g/mol. The van der Waals surface area contributed by atoms with Gasteiger partial charge in [0.15, 0.2) is 5.78 Å². The van der Waals surface area contributed by atoms with Crippen LogP contribution in [0.2, 0.25) is 0 Å². The van der Waals surface area contributed by atoms with Gasteiger partial charge in [0.25, 0.3) is 5.91 Å². The van der Waals surface area contributed by atoms with Crippen molar-refractivity contribution in [2.45, 2.75) is 6.92 Å². The highest BCUT2D eigenvalue weighted by molar-refractivity contribution is 5.98. The van der Waals surface area contributed by atoms with Crippen LogP contribution in [0, 0.1) is 18.6 Å². The summed E-state index contributed by atoms with van der Waals surface area (Å²) in [5.41, 5.74) is 1.40. The molecule has 1 saturated heterocycles. The van der Waals surface area contributed by atoms with E-state index in [9.17, 15) is 18.4 Å². The van der Waals surface area contributed by atoms with Crippen molar-refractivity contribution in [3.8, 4) is 0 Å². The molecule has 2 aromatic rings. The average Bonchev–Trinajstić information content (AvgIpc) is 2.64. The maximum Gasteiger partial charge on any atom is 0.253 e. The normalized spacial score (nSPS) is 15.1. The van der Waals surface area contributed by atoms with E-state index in [-0.39, 0.29) is 29.9 Å². The van der Waals surface area contributed by atoms with E-state index in [4.69, 9.17) is 0 Å². The molecule has 2 aromatic carbocycles. The molecular formula is C20H20F2N2O2. The predicted molar refractivity (Wildman–Crippen MR) is 94.2 cm³/mol. The first-order chi connectivity index (χ1) is 12.4. The fourth-order valence-corrected chi connectivity index (χ4v) is 3.00. The van der Waals surface area contributed by atoms with Gasteiger partial charge in [0.2, 0.25) is 0 Å². The van der Waals surface area contributed by atoms with Crippen molar-refractivity contribution in [3.05, 3.63) is 70.8 Å². The van der Waals surface area contributed by atoms with Gasteiger partial charge in [-0.1, -0.05) is 0 Å². The van der Waals surface area contributed by atoms with Crippen molar-refractivity contribution in [3.63, 3.8) is 0 Å². The number of amides is 1. The van der Waals surface area contributed by atoms with Crippen LogP contribution in [0.3, 0.4) is 0 Å². The molecule has 4 nitrogen and oxygen atoms in total. The van der Waals surface area contributed by atoms with Crippen molar-refractivity contribution in [2.24, 2.45) is 0 Å². The van der Waals surface area contributed by atoms with Gasteiger partial charge in [0, 0.05) is 37.3 Å². The van der Waals surface area contributed by atoms with E-state index in [1.165, 1.54) is 36.4 Å². The summed E-state index contributed by atoms with van der Waals surface area (Å²) in [6.07, 6.45) is 0. The zero-order chi connectivity index (χ0) is 18.7. The molecule has 0 N–H and O–H groups in total. The van der Waals surface area contributed by atoms with Crippen molar-refractivity contribution >= 4 is 11.7 Å². The van der Waals surface area contributed by atoms with Gasteiger partial charge in [-0.2, -0.15) is 0 Å². The highest BCUT2D eigenvalue weighted by Crippen LogP contribution is 2.13. The molecule has 0 aromatic heterocycles. The Kier molecular flexibility index (Phi) is 5.42. The van der Waals surface area contributed by atoms with E-state index in [0.717, 1.165) is 0 Å². The summed E-state index contributed by atoms with van der Waals surface area (Å²) < 4.78 is 26.3. The summed E-state index contributed by atoms with van der Waals surface area (Å²) >= 11 is 0. The summed E-state index contributed by atoms with van der Waals surface area (Å²) in [5.74, 6) is -0.896. The van der Waals surface area contributed by atoms with E-state index in [2.05, 4.69) is 0 Å². The lowest BCUT2D eigenvalue weighted by molar-refractivity contribution is 0.0624. The minimum absolute atomic E-state index is 0.0635. The van der Waals surface area contributed by atoms with Crippen LogP contribution in [0.15, 0.2) is 42.5 Å². The summed E-state index contributed by atoms with van der Waals surface area (Å²) in [6, 6.07) is 9.86. The number of carbonyl (C=O) groups excluding carboxylic acids is 2. The van der Waals surface area contributed by atoms with Crippen LogP contribution in [0.1, 0.15) is 26.3 Å². The van der Waals surface area contributed by atoms with Crippen LogP contribution in [-0.4, -0.2) is 54.2 Å². The number of aryl methyl sites for hydroxylation is 1. The number of hydrogen-bond donors (Lipinski definition) is 0. The van der Waals surface area contributed by atoms with Crippen LogP contribution in [-0.2, 0) is 0 Å². The van der Waals surface area contributed by atoms with Gasteiger partial charge in [-0.25, -0.2) is 8.78 Å². The third-order valence-corrected chi connectivity index (χ3v) is 4.60. The fourth-order valence-electron chi connectivity index (χ4n) is 3.00. The molecule has 0 spiro atoms. The lowest BCUT2D eigenvalue weighted by atomic mass is 10.1. The summed E-state index contributed by atoms with van der Waals surface area (Å²) in [7, 11) is 0. The van der Waals surface area contributed by atoms with E-state index in [1.807, 2.05) is 4.90 Å². The van der Waals surface area contributed by atoms with Gasteiger partial charge >= 0.3 is 0 Å². The van der Waals surface area contributed by atoms with E-state index in [1.54, 1.807) is 17.9 Å². The highest BCUT2D eigenvalue weighted by Gasteiger charge is 2.23. The number of halogens is 2. The number of rotatable bonds is 4. The fraction of sp³-hybridized carbons (Fsp3) is 0.300. The maximum absolute atomic E-state index is 13.3. The molecule has 0 bridgehead atoms. The molecule has 0 radical (unpaired) electrons. The van der Waals surface area contributed by atoms with Gasteiger partial charge in [-0.3, -0.25) is 14.5 Å². The van der Waals surface area contributed by atoms with Gasteiger partial charge in [0.05, 0.1) is 6.54 Å². The second-order valence-corrected chi connectivity index (χ2v) is 6.46. The number of hydrogen-bond acceptors (Lipinski definition) is 3. The molecule has 1 aliphatic rings. The van der Waals surface area contributed by atoms with Crippen molar-refractivity contribution in [1.82, 2.24) is 9.80 Å². The summed E-state index contributed by atoms with van der Waals surface area (Å²) in [6.45, 7) is 4.05. The molecule has 3 rings (SSSR count). The van der Waals surface area contributed by atoms with Gasteiger partial charge in [-0.05, 0) is 55.0 Å².